The number of carbonyl (C=O) groups excluding carboxylic acids is 1. The Hall–Kier alpha value is -0.965. The summed E-state index contributed by atoms with van der Waals surface area (Å²) in [5.41, 5.74) is -1.16. The van der Waals surface area contributed by atoms with Gasteiger partial charge in [0.2, 0.25) is 0 Å². The average Bonchev–Trinajstić information content (AvgIpc) is 2.80. The Kier molecular flexibility index (Phi) is 11.5. The summed E-state index contributed by atoms with van der Waals surface area (Å²) in [6.07, 6.45) is 1.89. The quantitative estimate of drug-likeness (QED) is 0.236. The van der Waals surface area contributed by atoms with Crippen molar-refractivity contribution in [2.75, 3.05) is 52.9 Å². The molecule has 0 aromatic heterocycles. The summed E-state index contributed by atoms with van der Waals surface area (Å²) in [6.45, 7) is 16.6. The Bertz CT molecular complexity index is 512. The number of rotatable bonds is 14. The first kappa shape index (κ1) is 27.1. The van der Waals surface area contributed by atoms with Gasteiger partial charge in [-0.15, -0.1) is 0 Å². The van der Waals surface area contributed by atoms with E-state index >= 15 is 0 Å². The van der Waals surface area contributed by atoms with Crippen molar-refractivity contribution in [3.8, 4) is 0 Å². The van der Waals surface area contributed by atoms with Crippen LogP contribution < -0.4 is 0 Å². The first-order chi connectivity index (χ1) is 13.9. The Morgan fingerprint density at radius 2 is 1.30 bits per heavy atom. The lowest BCUT2D eigenvalue weighted by atomic mass is 9.90. The highest BCUT2D eigenvalue weighted by Crippen LogP contribution is 2.36. The fourth-order valence-electron chi connectivity index (χ4n) is 2.37. The fraction of sp³-hybridized carbons (Fsp3) is 0.857. The Labute approximate surface area is 181 Å². The number of esters is 1. The van der Waals surface area contributed by atoms with Crippen LogP contribution in [0, 0.1) is 0 Å². The van der Waals surface area contributed by atoms with Crippen molar-refractivity contribution < 1.29 is 37.8 Å². The first-order valence-electron chi connectivity index (χ1n) is 10.5. The van der Waals surface area contributed by atoms with Gasteiger partial charge < -0.3 is 33.0 Å². The molecule has 30 heavy (non-hydrogen) atoms. The molecule has 1 fully saturated rings. The molecule has 0 atom stereocenters. The van der Waals surface area contributed by atoms with E-state index in [9.17, 15) is 4.79 Å². The molecule has 0 amide bonds. The molecule has 1 aliphatic heterocycles. The van der Waals surface area contributed by atoms with Crippen molar-refractivity contribution in [1.29, 1.82) is 0 Å². The topological polar surface area (TPSA) is 81.7 Å². The van der Waals surface area contributed by atoms with E-state index in [-0.39, 0.29) is 30.9 Å². The summed E-state index contributed by atoms with van der Waals surface area (Å²) in [6, 6.07) is 0. The van der Waals surface area contributed by atoms with Gasteiger partial charge in [-0.2, -0.15) is 0 Å². The van der Waals surface area contributed by atoms with E-state index in [4.69, 9.17) is 33.0 Å². The monoisotopic (exact) mass is 430 g/mol. The largest absolute Gasteiger partial charge is 0.486 e. The van der Waals surface area contributed by atoms with Gasteiger partial charge in [-0.1, -0.05) is 12.1 Å². The van der Waals surface area contributed by atoms with Crippen molar-refractivity contribution in [1.82, 2.24) is 0 Å². The molecule has 0 aliphatic carbocycles. The van der Waals surface area contributed by atoms with Gasteiger partial charge in [-0.05, 0) is 48.5 Å². The third-order valence-electron chi connectivity index (χ3n) is 4.53. The van der Waals surface area contributed by atoms with Crippen molar-refractivity contribution >= 4 is 13.1 Å². The molecule has 9 heteroatoms. The van der Waals surface area contributed by atoms with Crippen LogP contribution in [0.1, 0.15) is 48.5 Å². The van der Waals surface area contributed by atoms with E-state index in [1.165, 1.54) is 0 Å². The molecule has 0 aromatic carbocycles. The second-order valence-corrected chi connectivity index (χ2v) is 8.99. The van der Waals surface area contributed by atoms with Crippen LogP contribution >= 0.6 is 0 Å². The van der Waals surface area contributed by atoms with Gasteiger partial charge in [0.05, 0.1) is 57.5 Å². The minimum absolute atomic E-state index is 0.0720. The van der Waals surface area contributed by atoms with E-state index in [1.54, 1.807) is 0 Å². The molecular formula is C21H39BO8. The minimum Gasteiger partial charge on any atom is -0.458 e. The standard InChI is InChI=1S/C21H39BO8/c1-19(2,3)28-18(23)17-27-16-15-26-14-13-25-12-11-24-10-8-9-22-29-20(4,5)21(6,7)30-22/h8-9H,10-17H2,1-7H3/b9-8+. The fourth-order valence-corrected chi connectivity index (χ4v) is 2.37. The summed E-state index contributed by atoms with van der Waals surface area (Å²) in [5, 5.41) is 0. The van der Waals surface area contributed by atoms with Gasteiger partial charge in [0, 0.05) is 0 Å². The van der Waals surface area contributed by atoms with Crippen molar-refractivity contribution in [3.05, 3.63) is 12.1 Å². The molecule has 1 saturated heterocycles. The molecule has 0 N–H and O–H groups in total. The molecule has 0 aromatic rings. The lowest BCUT2D eigenvalue weighted by Crippen LogP contribution is -2.41. The molecule has 0 radical (unpaired) electrons. The van der Waals surface area contributed by atoms with E-state index in [0.29, 0.717) is 46.2 Å². The molecule has 0 saturated carbocycles. The third kappa shape index (κ3) is 11.4. The summed E-state index contributed by atoms with van der Waals surface area (Å²) >= 11 is 0. The van der Waals surface area contributed by atoms with Crippen LogP contribution in [0.25, 0.3) is 0 Å². The van der Waals surface area contributed by atoms with Crippen LogP contribution in [0.15, 0.2) is 12.1 Å². The highest BCUT2D eigenvalue weighted by atomic mass is 16.7. The molecule has 1 aliphatic rings. The highest BCUT2D eigenvalue weighted by molar-refractivity contribution is 6.51. The Balaban J connectivity index is 1.88. The summed E-state index contributed by atoms with van der Waals surface area (Å²) in [7, 11) is -0.347. The molecule has 0 bridgehead atoms. The normalized spacial score (nSPS) is 18.3. The van der Waals surface area contributed by atoms with Crippen LogP contribution in [-0.2, 0) is 37.8 Å². The van der Waals surface area contributed by atoms with Gasteiger partial charge in [0.25, 0.3) is 0 Å². The van der Waals surface area contributed by atoms with Crippen molar-refractivity contribution in [2.24, 2.45) is 0 Å². The molecule has 8 nitrogen and oxygen atoms in total. The third-order valence-corrected chi connectivity index (χ3v) is 4.53. The minimum atomic E-state index is -0.499. The van der Waals surface area contributed by atoms with Gasteiger partial charge in [-0.3, -0.25) is 0 Å². The molecule has 0 unspecified atom stereocenters. The molecule has 1 rings (SSSR count). The summed E-state index contributed by atoms with van der Waals surface area (Å²) in [4.78, 5) is 11.4. The number of ether oxygens (including phenoxy) is 5. The average molecular weight is 430 g/mol. The van der Waals surface area contributed by atoms with Crippen LogP contribution in [0.5, 0.6) is 0 Å². The lowest BCUT2D eigenvalue weighted by Gasteiger charge is -2.32. The second kappa shape index (κ2) is 12.8. The Morgan fingerprint density at radius 3 is 1.80 bits per heavy atom. The lowest BCUT2D eigenvalue weighted by molar-refractivity contribution is -0.160. The van der Waals surface area contributed by atoms with E-state index < -0.39 is 5.60 Å². The maximum Gasteiger partial charge on any atom is 0.486 e. The Morgan fingerprint density at radius 1 is 0.833 bits per heavy atom. The van der Waals surface area contributed by atoms with Crippen molar-refractivity contribution in [2.45, 2.75) is 65.3 Å². The zero-order valence-electron chi connectivity index (χ0n) is 19.7. The van der Waals surface area contributed by atoms with Gasteiger partial charge in [0.1, 0.15) is 12.2 Å². The van der Waals surface area contributed by atoms with Crippen molar-refractivity contribution in [3.63, 3.8) is 0 Å². The summed E-state index contributed by atoms with van der Waals surface area (Å²) in [5.74, 6) is 1.49. The van der Waals surface area contributed by atoms with E-state index in [1.807, 2.05) is 60.5 Å². The zero-order valence-corrected chi connectivity index (χ0v) is 19.7. The predicted molar refractivity (Wildman–Crippen MR) is 114 cm³/mol. The second-order valence-electron chi connectivity index (χ2n) is 8.99. The number of hydrogen-bond acceptors (Lipinski definition) is 8. The first-order valence-corrected chi connectivity index (χ1v) is 10.5. The molecule has 0 spiro atoms. The molecule has 174 valence electrons. The maximum absolute atomic E-state index is 11.4. The smallest absolute Gasteiger partial charge is 0.458 e. The van der Waals surface area contributed by atoms with Crippen LogP contribution in [-0.4, -0.2) is 82.7 Å². The van der Waals surface area contributed by atoms with Crippen LogP contribution in [0.2, 0.25) is 0 Å². The zero-order chi connectivity index (χ0) is 22.7. The molecular weight excluding hydrogens is 391 g/mol. The van der Waals surface area contributed by atoms with Crippen LogP contribution in [0.3, 0.4) is 0 Å². The predicted octanol–water partition coefficient (Wildman–Crippen LogP) is 2.58. The van der Waals surface area contributed by atoms with E-state index in [0.717, 1.165) is 0 Å². The highest BCUT2D eigenvalue weighted by Gasteiger charge is 2.49. The number of carbonyl (C=O) groups is 1. The molecule has 1 heterocycles. The van der Waals surface area contributed by atoms with E-state index in [2.05, 4.69) is 0 Å². The maximum atomic E-state index is 11.4. The SMILES string of the molecule is CC(C)(C)OC(=O)COCCOCCOCCOC/C=C/B1OC(C)(C)C(C)(C)O1. The summed E-state index contributed by atoms with van der Waals surface area (Å²) < 4.78 is 38.4. The number of hydrogen-bond donors (Lipinski definition) is 0. The van der Waals surface area contributed by atoms with Gasteiger partial charge in [-0.25, -0.2) is 4.79 Å². The van der Waals surface area contributed by atoms with Gasteiger partial charge >= 0.3 is 13.1 Å². The van der Waals surface area contributed by atoms with Gasteiger partial charge in [0.15, 0.2) is 0 Å². The van der Waals surface area contributed by atoms with Crippen LogP contribution in [0.4, 0.5) is 0 Å².